The number of carbonyl (C=O) groups is 1. The van der Waals surface area contributed by atoms with Gasteiger partial charge >= 0.3 is 0 Å². The Bertz CT molecular complexity index is 807. The van der Waals surface area contributed by atoms with Gasteiger partial charge < -0.3 is 9.30 Å². The van der Waals surface area contributed by atoms with E-state index in [4.69, 9.17) is 16.3 Å². The monoisotopic (exact) mass is 299 g/mol. The first kappa shape index (κ1) is 13.7. The van der Waals surface area contributed by atoms with Crippen LogP contribution in [0.15, 0.2) is 54.7 Å². The molecule has 21 heavy (non-hydrogen) atoms. The van der Waals surface area contributed by atoms with Gasteiger partial charge in [-0.05, 0) is 30.3 Å². The molecule has 0 aliphatic rings. The second-order valence-corrected chi connectivity index (χ2v) is 5.18. The number of hydrogen-bond acceptors (Lipinski definition) is 2. The van der Waals surface area contributed by atoms with Crippen LogP contribution in [0.3, 0.4) is 0 Å². The van der Waals surface area contributed by atoms with Crippen LogP contribution in [-0.4, -0.2) is 17.5 Å². The molecule has 0 aliphatic carbocycles. The molecule has 106 valence electrons. The van der Waals surface area contributed by atoms with Crippen LogP contribution < -0.4 is 4.74 Å². The summed E-state index contributed by atoms with van der Waals surface area (Å²) in [7, 11) is 1.59. The summed E-state index contributed by atoms with van der Waals surface area (Å²) in [5, 5.41) is 1.65. The first-order valence-electron chi connectivity index (χ1n) is 6.59. The Kier molecular flexibility index (Phi) is 3.67. The second kappa shape index (κ2) is 5.62. The van der Waals surface area contributed by atoms with Crippen molar-refractivity contribution in [2.75, 3.05) is 7.11 Å². The molecule has 0 radical (unpaired) electrons. The fourth-order valence-corrected chi connectivity index (χ4v) is 2.60. The van der Waals surface area contributed by atoms with Crippen molar-refractivity contribution in [1.29, 1.82) is 0 Å². The summed E-state index contributed by atoms with van der Waals surface area (Å²) in [5.74, 6) is 0.715. The SMILES string of the molecule is COc1cccc(C(=O)Cn2ccc3c(Cl)cccc32)c1. The zero-order valence-electron chi connectivity index (χ0n) is 11.5. The summed E-state index contributed by atoms with van der Waals surface area (Å²) < 4.78 is 7.06. The Labute approximate surface area is 127 Å². The maximum Gasteiger partial charge on any atom is 0.182 e. The van der Waals surface area contributed by atoms with E-state index in [1.165, 1.54) is 0 Å². The van der Waals surface area contributed by atoms with Crippen molar-refractivity contribution in [1.82, 2.24) is 4.57 Å². The number of Topliss-reactive ketones (excluding diaryl/α,β-unsaturated/α-hetero) is 1. The van der Waals surface area contributed by atoms with Gasteiger partial charge in [0.15, 0.2) is 5.78 Å². The number of fused-ring (bicyclic) bond motifs is 1. The average molecular weight is 300 g/mol. The molecule has 2 aromatic carbocycles. The van der Waals surface area contributed by atoms with Crippen LogP contribution in [0.25, 0.3) is 10.9 Å². The van der Waals surface area contributed by atoms with Gasteiger partial charge in [-0.2, -0.15) is 0 Å². The molecule has 3 nitrogen and oxygen atoms in total. The molecule has 0 atom stereocenters. The molecule has 1 aromatic heterocycles. The van der Waals surface area contributed by atoms with Gasteiger partial charge in [0.2, 0.25) is 0 Å². The summed E-state index contributed by atoms with van der Waals surface area (Å²) in [4.78, 5) is 12.4. The predicted molar refractivity (Wildman–Crippen MR) is 84.3 cm³/mol. The number of halogens is 1. The molecule has 0 unspecified atom stereocenters. The van der Waals surface area contributed by atoms with Crippen molar-refractivity contribution in [2.45, 2.75) is 6.54 Å². The number of carbonyl (C=O) groups excluding carboxylic acids is 1. The standard InChI is InChI=1S/C17H14ClNO2/c1-21-13-5-2-4-12(10-13)17(20)11-19-9-8-14-15(18)6-3-7-16(14)19/h2-10H,11H2,1H3. The molecule has 3 rings (SSSR count). The van der Waals surface area contributed by atoms with Gasteiger partial charge in [0.05, 0.1) is 13.7 Å². The Hall–Kier alpha value is -2.26. The zero-order valence-corrected chi connectivity index (χ0v) is 12.3. The zero-order chi connectivity index (χ0) is 14.8. The van der Waals surface area contributed by atoms with Crippen molar-refractivity contribution >= 4 is 28.3 Å². The average Bonchev–Trinajstić information content (AvgIpc) is 2.92. The van der Waals surface area contributed by atoms with Crippen LogP contribution in [0.1, 0.15) is 10.4 Å². The van der Waals surface area contributed by atoms with E-state index in [2.05, 4.69) is 0 Å². The third kappa shape index (κ3) is 2.65. The molecule has 0 amide bonds. The lowest BCUT2D eigenvalue weighted by atomic mass is 10.1. The van der Waals surface area contributed by atoms with Crippen LogP contribution in [0.5, 0.6) is 5.75 Å². The van der Waals surface area contributed by atoms with Gasteiger partial charge in [-0.15, -0.1) is 0 Å². The molecule has 0 bridgehead atoms. The number of ketones is 1. The number of rotatable bonds is 4. The van der Waals surface area contributed by atoms with E-state index in [1.54, 1.807) is 19.2 Å². The Morgan fingerprint density at radius 3 is 2.81 bits per heavy atom. The van der Waals surface area contributed by atoms with Crippen molar-refractivity contribution < 1.29 is 9.53 Å². The molecule has 3 aromatic rings. The summed E-state index contributed by atoms with van der Waals surface area (Å²) in [5.41, 5.74) is 1.59. The summed E-state index contributed by atoms with van der Waals surface area (Å²) >= 11 is 6.15. The highest BCUT2D eigenvalue weighted by molar-refractivity contribution is 6.35. The van der Waals surface area contributed by atoms with E-state index in [9.17, 15) is 4.79 Å². The molecule has 1 heterocycles. The van der Waals surface area contributed by atoms with Crippen LogP contribution >= 0.6 is 11.6 Å². The third-order valence-corrected chi connectivity index (χ3v) is 3.80. The van der Waals surface area contributed by atoms with E-state index in [0.29, 0.717) is 16.3 Å². The largest absolute Gasteiger partial charge is 0.497 e. The number of nitrogens with zero attached hydrogens (tertiary/aromatic N) is 1. The first-order valence-corrected chi connectivity index (χ1v) is 6.97. The van der Waals surface area contributed by atoms with Crippen LogP contribution in [0.2, 0.25) is 5.02 Å². The van der Waals surface area contributed by atoms with Crippen LogP contribution in [0.4, 0.5) is 0 Å². The summed E-state index contributed by atoms with van der Waals surface area (Å²) in [6.45, 7) is 0.275. The number of hydrogen-bond donors (Lipinski definition) is 0. The minimum atomic E-state index is 0.0337. The molecule has 4 heteroatoms. The third-order valence-electron chi connectivity index (χ3n) is 3.47. The molecular formula is C17H14ClNO2. The van der Waals surface area contributed by atoms with Crippen molar-refractivity contribution in [3.8, 4) is 5.75 Å². The van der Waals surface area contributed by atoms with Crippen LogP contribution in [0, 0.1) is 0 Å². The topological polar surface area (TPSA) is 31.2 Å². The maximum absolute atomic E-state index is 12.4. The Balaban J connectivity index is 1.91. The maximum atomic E-state index is 12.4. The minimum absolute atomic E-state index is 0.0337. The normalized spacial score (nSPS) is 10.8. The number of methoxy groups -OCH3 is 1. The van der Waals surface area contributed by atoms with E-state index < -0.39 is 0 Å². The molecule has 0 N–H and O–H groups in total. The molecular weight excluding hydrogens is 286 g/mol. The van der Waals surface area contributed by atoms with E-state index in [0.717, 1.165) is 10.9 Å². The van der Waals surface area contributed by atoms with Gasteiger partial charge in [0, 0.05) is 27.7 Å². The molecule has 0 saturated heterocycles. The van der Waals surface area contributed by atoms with E-state index >= 15 is 0 Å². The Morgan fingerprint density at radius 1 is 1.19 bits per heavy atom. The highest BCUT2D eigenvalue weighted by Crippen LogP contribution is 2.24. The molecule has 0 aliphatic heterocycles. The fraction of sp³-hybridized carbons (Fsp3) is 0.118. The van der Waals surface area contributed by atoms with Gasteiger partial charge in [-0.3, -0.25) is 4.79 Å². The number of ether oxygens (including phenoxy) is 1. The summed E-state index contributed by atoms with van der Waals surface area (Å²) in [6.07, 6.45) is 1.88. The van der Waals surface area contributed by atoms with Crippen LogP contribution in [-0.2, 0) is 6.54 Å². The Morgan fingerprint density at radius 2 is 2.00 bits per heavy atom. The van der Waals surface area contributed by atoms with Crippen molar-refractivity contribution in [2.24, 2.45) is 0 Å². The lowest BCUT2D eigenvalue weighted by Crippen LogP contribution is -2.09. The highest BCUT2D eigenvalue weighted by Gasteiger charge is 2.10. The van der Waals surface area contributed by atoms with Crippen molar-refractivity contribution in [3.05, 3.63) is 65.3 Å². The fourth-order valence-electron chi connectivity index (χ4n) is 2.37. The molecule has 0 spiro atoms. The van der Waals surface area contributed by atoms with E-state index in [1.807, 2.05) is 47.2 Å². The lowest BCUT2D eigenvalue weighted by molar-refractivity contribution is 0.0973. The van der Waals surface area contributed by atoms with Gasteiger partial charge in [0.1, 0.15) is 5.75 Å². The van der Waals surface area contributed by atoms with E-state index in [-0.39, 0.29) is 12.3 Å². The molecule has 0 fully saturated rings. The van der Waals surface area contributed by atoms with Crippen molar-refractivity contribution in [3.63, 3.8) is 0 Å². The number of benzene rings is 2. The second-order valence-electron chi connectivity index (χ2n) is 4.77. The van der Waals surface area contributed by atoms with Gasteiger partial charge in [-0.25, -0.2) is 0 Å². The molecule has 0 saturated carbocycles. The van der Waals surface area contributed by atoms with Gasteiger partial charge in [0.25, 0.3) is 0 Å². The lowest BCUT2D eigenvalue weighted by Gasteiger charge is -2.07. The predicted octanol–water partition coefficient (Wildman–Crippen LogP) is 4.19. The number of aromatic nitrogens is 1. The van der Waals surface area contributed by atoms with Gasteiger partial charge in [-0.1, -0.05) is 29.8 Å². The first-order chi connectivity index (χ1) is 10.2. The minimum Gasteiger partial charge on any atom is -0.497 e. The quantitative estimate of drug-likeness (QED) is 0.677. The highest BCUT2D eigenvalue weighted by atomic mass is 35.5. The smallest absolute Gasteiger partial charge is 0.182 e. The summed E-state index contributed by atoms with van der Waals surface area (Å²) in [6, 6.07) is 14.8.